The van der Waals surface area contributed by atoms with Gasteiger partial charge in [-0.3, -0.25) is 4.79 Å². The van der Waals surface area contributed by atoms with E-state index in [9.17, 15) is 13.2 Å². The average Bonchev–Trinajstić information content (AvgIpc) is 2.71. The molecule has 1 amide bonds. The summed E-state index contributed by atoms with van der Waals surface area (Å²) in [5.41, 5.74) is 0. The summed E-state index contributed by atoms with van der Waals surface area (Å²) in [7, 11) is -1.32. The van der Waals surface area contributed by atoms with Crippen LogP contribution in [0.1, 0.15) is 12.8 Å². The van der Waals surface area contributed by atoms with Gasteiger partial charge in [-0.2, -0.15) is 0 Å². The minimum Gasteiger partial charge on any atom is -0.380 e. The Balaban J connectivity index is 2.18. The van der Waals surface area contributed by atoms with E-state index in [-0.39, 0.29) is 23.8 Å². The molecule has 0 aromatic carbocycles. The monoisotopic (exact) mass is 264 g/mol. The van der Waals surface area contributed by atoms with Gasteiger partial charge in [0.15, 0.2) is 0 Å². The summed E-state index contributed by atoms with van der Waals surface area (Å²) in [6.45, 7) is 1.07. The van der Waals surface area contributed by atoms with Gasteiger partial charge in [-0.05, 0) is 12.8 Å². The molecule has 2 atom stereocenters. The second-order valence-electron chi connectivity index (χ2n) is 4.33. The number of methoxy groups -OCH3 is 1. The highest BCUT2D eigenvalue weighted by Crippen LogP contribution is 2.09. The van der Waals surface area contributed by atoms with Crippen LogP contribution in [0.3, 0.4) is 0 Å². The highest BCUT2D eigenvalue weighted by molar-refractivity contribution is 7.90. The Morgan fingerprint density at radius 2 is 2.24 bits per heavy atom. The van der Waals surface area contributed by atoms with Crippen LogP contribution in [0.2, 0.25) is 0 Å². The smallest absolute Gasteiger partial charge is 0.237 e. The molecular formula is C10H20N2O4S. The molecule has 1 heterocycles. The van der Waals surface area contributed by atoms with Crippen molar-refractivity contribution in [2.75, 3.05) is 32.2 Å². The number of nitrogens with one attached hydrogen (secondary N) is 2. The van der Waals surface area contributed by atoms with Crippen molar-refractivity contribution in [2.24, 2.45) is 0 Å². The zero-order valence-electron chi connectivity index (χ0n) is 10.2. The van der Waals surface area contributed by atoms with E-state index in [1.54, 1.807) is 7.11 Å². The zero-order chi connectivity index (χ0) is 12.9. The van der Waals surface area contributed by atoms with E-state index in [1.807, 2.05) is 0 Å². The summed E-state index contributed by atoms with van der Waals surface area (Å²) in [6.07, 6.45) is 2.39. The fourth-order valence-electron chi connectivity index (χ4n) is 1.75. The second kappa shape index (κ2) is 6.32. The third-order valence-electron chi connectivity index (χ3n) is 2.73. The van der Waals surface area contributed by atoms with E-state index in [1.165, 1.54) is 6.26 Å². The van der Waals surface area contributed by atoms with Gasteiger partial charge in [0.1, 0.15) is 9.84 Å². The molecule has 0 bridgehead atoms. The number of carbonyl (C=O) groups excluding carboxylic acids is 1. The molecule has 0 aliphatic carbocycles. The van der Waals surface area contributed by atoms with E-state index >= 15 is 0 Å². The molecular weight excluding hydrogens is 244 g/mol. The van der Waals surface area contributed by atoms with Gasteiger partial charge >= 0.3 is 0 Å². The lowest BCUT2D eigenvalue weighted by atomic mass is 10.2. The third-order valence-corrected chi connectivity index (χ3v) is 3.76. The lowest BCUT2D eigenvalue weighted by Crippen LogP contribution is -2.41. The van der Waals surface area contributed by atoms with Gasteiger partial charge in [-0.25, -0.2) is 8.42 Å². The summed E-state index contributed by atoms with van der Waals surface area (Å²) in [4.78, 5) is 11.7. The van der Waals surface area contributed by atoms with Gasteiger partial charge in [0.25, 0.3) is 0 Å². The molecule has 0 aromatic rings. The Labute approximate surface area is 102 Å². The first-order valence-corrected chi connectivity index (χ1v) is 7.70. The molecule has 100 valence electrons. The van der Waals surface area contributed by atoms with Gasteiger partial charge in [-0.1, -0.05) is 0 Å². The average molecular weight is 264 g/mol. The topological polar surface area (TPSA) is 84.5 Å². The normalized spacial score (nSPS) is 24.8. The number of hydrogen-bond donors (Lipinski definition) is 2. The predicted molar refractivity (Wildman–Crippen MR) is 64.5 cm³/mol. The first-order chi connectivity index (χ1) is 7.92. The maximum Gasteiger partial charge on any atom is 0.237 e. The number of hydrogen-bond acceptors (Lipinski definition) is 5. The van der Waals surface area contributed by atoms with Crippen LogP contribution in [0.5, 0.6) is 0 Å². The van der Waals surface area contributed by atoms with Crippen LogP contribution in [-0.2, 0) is 19.4 Å². The maximum absolute atomic E-state index is 11.7. The summed E-state index contributed by atoms with van der Waals surface area (Å²) in [5.74, 6) is 0.0181. The van der Waals surface area contributed by atoms with Crippen molar-refractivity contribution in [2.45, 2.75) is 25.0 Å². The fourth-order valence-corrected chi connectivity index (χ4v) is 2.42. The van der Waals surface area contributed by atoms with Crippen molar-refractivity contribution >= 4 is 15.7 Å². The number of rotatable bonds is 6. The molecule has 0 spiro atoms. The number of amides is 1. The van der Waals surface area contributed by atoms with E-state index in [0.717, 1.165) is 0 Å². The third kappa shape index (κ3) is 5.47. The highest BCUT2D eigenvalue weighted by Gasteiger charge is 2.28. The largest absolute Gasteiger partial charge is 0.380 e. The summed E-state index contributed by atoms with van der Waals surface area (Å²) in [6, 6.07) is -0.224. The SMILES string of the molecule is COC1CNC(C(=O)NCCCS(C)(=O)=O)C1. The summed E-state index contributed by atoms with van der Waals surface area (Å²) >= 11 is 0. The quantitative estimate of drug-likeness (QED) is 0.596. The molecule has 0 saturated carbocycles. The molecule has 0 aromatic heterocycles. The van der Waals surface area contributed by atoms with Crippen molar-refractivity contribution in [1.82, 2.24) is 10.6 Å². The molecule has 2 N–H and O–H groups in total. The van der Waals surface area contributed by atoms with Crippen LogP contribution in [0.15, 0.2) is 0 Å². The standard InChI is InChI=1S/C10H20N2O4S/c1-16-8-6-9(12-7-8)10(13)11-4-3-5-17(2,14)15/h8-9,12H,3-7H2,1-2H3,(H,11,13). The Bertz CT molecular complexity index is 355. The van der Waals surface area contributed by atoms with Gasteiger partial charge in [0.05, 0.1) is 17.9 Å². The molecule has 1 aliphatic heterocycles. The number of sulfone groups is 1. The van der Waals surface area contributed by atoms with Crippen LogP contribution in [0.25, 0.3) is 0 Å². The predicted octanol–water partition coefficient (Wildman–Crippen LogP) is -1.09. The van der Waals surface area contributed by atoms with Crippen LogP contribution >= 0.6 is 0 Å². The van der Waals surface area contributed by atoms with Crippen molar-refractivity contribution in [1.29, 1.82) is 0 Å². The van der Waals surface area contributed by atoms with E-state index in [2.05, 4.69) is 10.6 Å². The Morgan fingerprint density at radius 1 is 1.53 bits per heavy atom. The van der Waals surface area contributed by atoms with E-state index in [0.29, 0.717) is 25.9 Å². The summed E-state index contributed by atoms with van der Waals surface area (Å²) < 4.78 is 26.9. The maximum atomic E-state index is 11.7. The fraction of sp³-hybridized carbons (Fsp3) is 0.900. The van der Waals surface area contributed by atoms with Gasteiger partial charge in [0, 0.05) is 26.5 Å². The first kappa shape index (κ1) is 14.4. The summed E-state index contributed by atoms with van der Waals surface area (Å²) in [5, 5.41) is 5.78. The van der Waals surface area contributed by atoms with Gasteiger partial charge in [0.2, 0.25) is 5.91 Å². The van der Waals surface area contributed by atoms with Crippen LogP contribution in [-0.4, -0.2) is 58.7 Å². The highest BCUT2D eigenvalue weighted by atomic mass is 32.2. The van der Waals surface area contributed by atoms with Gasteiger partial charge in [-0.15, -0.1) is 0 Å². The Hall–Kier alpha value is -0.660. The minimum absolute atomic E-state index is 0.0850. The van der Waals surface area contributed by atoms with E-state index in [4.69, 9.17) is 4.74 Å². The number of carbonyl (C=O) groups is 1. The molecule has 17 heavy (non-hydrogen) atoms. The van der Waals surface area contributed by atoms with Crippen LogP contribution in [0.4, 0.5) is 0 Å². The van der Waals surface area contributed by atoms with Crippen molar-refractivity contribution in [3.63, 3.8) is 0 Å². The van der Waals surface area contributed by atoms with Crippen LogP contribution in [0, 0.1) is 0 Å². The molecule has 1 saturated heterocycles. The molecule has 1 fully saturated rings. The lowest BCUT2D eigenvalue weighted by molar-refractivity contribution is -0.122. The minimum atomic E-state index is -2.94. The van der Waals surface area contributed by atoms with Crippen molar-refractivity contribution < 1.29 is 17.9 Å². The second-order valence-corrected chi connectivity index (χ2v) is 6.59. The molecule has 1 rings (SSSR count). The Morgan fingerprint density at radius 3 is 2.76 bits per heavy atom. The molecule has 1 aliphatic rings. The lowest BCUT2D eigenvalue weighted by Gasteiger charge is -2.10. The van der Waals surface area contributed by atoms with Crippen molar-refractivity contribution in [3.8, 4) is 0 Å². The van der Waals surface area contributed by atoms with Crippen molar-refractivity contribution in [3.05, 3.63) is 0 Å². The molecule has 0 radical (unpaired) electrons. The molecule has 2 unspecified atom stereocenters. The molecule has 6 nitrogen and oxygen atoms in total. The van der Waals surface area contributed by atoms with Crippen LogP contribution < -0.4 is 10.6 Å². The molecule has 7 heteroatoms. The van der Waals surface area contributed by atoms with E-state index < -0.39 is 9.84 Å². The zero-order valence-corrected chi connectivity index (χ0v) is 11.0. The first-order valence-electron chi connectivity index (χ1n) is 5.64. The Kier molecular flexibility index (Phi) is 5.35. The van der Waals surface area contributed by atoms with Gasteiger partial charge < -0.3 is 15.4 Å². The number of ether oxygens (including phenoxy) is 1.